The standard InChI is InChI=1S/C13H21N3O4S/c1-3-15(2)7-6-14-21(19,20)11-8-12(13(17)18)16(9-11)10-4-5-10/h8-10,14H,3-7H2,1-2H3,(H,17,18). The molecular weight excluding hydrogens is 294 g/mol. The Labute approximate surface area is 124 Å². The molecule has 0 aromatic carbocycles. The van der Waals surface area contributed by atoms with Gasteiger partial charge in [0, 0.05) is 25.3 Å². The van der Waals surface area contributed by atoms with Gasteiger partial charge in [0.05, 0.1) is 0 Å². The van der Waals surface area contributed by atoms with Crippen molar-refractivity contribution < 1.29 is 18.3 Å². The maximum absolute atomic E-state index is 12.2. The Morgan fingerprint density at radius 2 is 2.19 bits per heavy atom. The van der Waals surface area contributed by atoms with E-state index >= 15 is 0 Å². The lowest BCUT2D eigenvalue weighted by Gasteiger charge is -2.13. The number of hydrogen-bond acceptors (Lipinski definition) is 4. The van der Waals surface area contributed by atoms with Crippen molar-refractivity contribution in [2.75, 3.05) is 26.7 Å². The van der Waals surface area contributed by atoms with Crippen molar-refractivity contribution in [2.45, 2.75) is 30.7 Å². The van der Waals surface area contributed by atoms with Gasteiger partial charge in [-0.25, -0.2) is 17.9 Å². The average Bonchev–Trinajstić information content (AvgIpc) is 3.15. The van der Waals surface area contributed by atoms with Crippen LogP contribution in [0.25, 0.3) is 0 Å². The summed E-state index contributed by atoms with van der Waals surface area (Å²) in [7, 11) is -1.76. The van der Waals surface area contributed by atoms with E-state index in [-0.39, 0.29) is 16.6 Å². The van der Waals surface area contributed by atoms with Gasteiger partial charge >= 0.3 is 5.97 Å². The molecule has 1 aliphatic rings. The third-order valence-electron chi connectivity index (χ3n) is 3.62. The van der Waals surface area contributed by atoms with Gasteiger partial charge in [0.15, 0.2) is 0 Å². The van der Waals surface area contributed by atoms with Crippen molar-refractivity contribution in [3.8, 4) is 0 Å². The highest BCUT2D eigenvalue weighted by Gasteiger charge is 2.30. The van der Waals surface area contributed by atoms with Gasteiger partial charge in [0.1, 0.15) is 10.6 Å². The Hall–Kier alpha value is -1.38. The van der Waals surface area contributed by atoms with Crippen LogP contribution >= 0.6 is 0 Å². The number of nitrogens with zero attached hydrogens (tertiary/aromatic N) is 2. The fraction of sp³-hybridized carbons (Fsp3) is 0.615. The van der Waals surface area contributed by atoms with Gasteiger partial charge in [-0.3, -0.25) is 0 Å². The zero-order valence-corrected chi connectivity index (χ0v) is 13.1. The normalized spacial score (nSPS) is 15.6. The second-order valence-corrected chi connectivity index (χ2v) is 7.07. The van der Waals surface area contributed by atoms with E-state index in [0.29, 0.717) is 13.1 Å². The zero-order chi connectivity index (χ0) is 15.6. The number of carboxylic acid groups (broad SMARTS) is 1. The zero-order valence-electron chi connectivity index (χ0n) is 12.2. The van der Waals surface area contributed by atoms with E-state index in [9.17, 15) is 13.2 Å². The summed E-state index contributed by atoms with van der Waals surface area (Å²) in [6.45, 7) is 3.72. The van der Waals surface area contributed by atoms with Gasteiger partial charge in [0.25, 0.3) is 0 Å². The van der Waals surface area contributed by atoms with E-state index in [4.69, 9.17) is 5.11 Å². The number of rotatable bonds is 8. The molecule has 118 valence electrons. The van der Waals surface area contributed by atoms with Crippen LogP contribution in [0.4, 0.5) is 0 Å². The molecule has 21 heavy (non-hydrogen) atoms. The maximum Gasteiger partial charge on any atom is 0.352 e. The smallest absolute Gasteiger partial charge is 0.352 e. The van der Waals surface area contributed by atoms with Gasteiger partial charge in [0.2, 0.25) is 10.0 Å². The van der Waals surface area contributed by atoms with Crippen LogP contribution in [0.5, 0.6) is 0 Å². The first-order valence-corrected chi connectivity index (χ1v) is 8.47. The van der Waals surface area contributed by atoms with E-state index in [0.717, 1.165) is 19.4 Å². The summed E-state index contributed by atoms with van der Waals surface area (Å²) < 4.78 is 28.4. The third-order valence-corrected chi connectivity index (χ3v) is 5.05. The van der Waals surface area contributed by atoms with E-state index < -0.39 is 16.0 Å². The topological polar surface area (TPSA) is 91.6 Å². The predicted molar refractivity (Wildman–Crippen MR) is 78.0 cm³/mol. The molecule has 8 heteroatoms. The predicted octanol–water partition coefficient (Wildman–Crippen LogP) is 0.751. The molecular formula is C13H21N3O4S. The van der Waals surface area contributed by atoms with E-state index in [1.807, 2.05) is 18.9 Å². The number of nitrogens with one attached hydrogen (secondary N) is 1. The van der Waals surface area contributed by atoms with Gasteiger partial charge in [-0.1, -0.05) is 6.92 Å². The number of carbonyl (C=O) groups is 1. The van der Waals surface area contributed by atoms with Crippen molar-refractivity contribution in [3.05, 3.63) is 18.0 Å². The highest BCUT2D eigenvalue weighted by atomic mass is 32.2. The highest BCUT2D eigenvalue weighted by molar-refractivity contribution is 7.89. The molecule has 1 fully saturated rings. The highest BCUT2D eigenvalue weighted by Crippen LogP contribution is 2.37. The summed E-state index contributed by atoms with van der Waals surface area (Å²) >= 11 is 0. The first-order valence-electron chi connectivity index (χ1n) is 6.98. The van der Waals surface area contributed by atoms with Crippen molar-refractivity contribution in [1.82, 2.24) is 14.2 Å². The molecule has 1 aromatic heterocycles. The van der Waals surface area contributed by atoms with Crippen LogP contribution in [0.1, 0.15) is 36.3 Å². The second kappa shape index (κ2) is 6.17. The number of aromatic nitrogens is 1. The molecule has 1 aliphatic carbocycles. The SMILES string of the molecule is CCN(C)CCNS(=O)(=O)c1cc(C(=O)O)n(C2CC2)c1. The fourth-order valence-corrected chi connectivity index (χ4v) is 3.09. The van der Waals surface area contributed by atoms with Crippen LogP contribution in [0.15, 0.2) is 17.2 Å². The first-order chi connectivity index (χ1) is 9.85. The molecule has 0 atom stereocenters. The molecule has 7 nitrogen and oxygen atoms in total. The molecule has 0 bridgehead atoms. The molecule has 0 amide bonds. The maximum atomic E-state index is 12.2. The Morgan fingerprint density at radius 1 is 1.52 bits per heavy atom. The van der Waals surface area contributed by atoms with Crippen molar-refractivity contribution in [3.63, 3.8) is 0 Å². The Kier molecular flexibility index (Phi) is 4.70. The molecule has 1 aromatic rings. The number of aromatic carboxylic acids is 1. The molecule has 1 heterocycles. The summed E-state index contributed by atoms with van der Waals surface area (Å²) in [6.07, 6.45) is 3.21. The van der Waals surface area contributed by atoms with Gasteiger partial charge in [-0.15, -0.1) is 0 Å². The largest absolute Gasteiger partial charge is 0.477 e. The van der Waals surface area contributed by atoms with Crippen LogP contribution in [-0.4, -0.2) is 55.6 Å². The van der Waals surface area contributed by atoms with Crippen LogP contribution in [-0.2, 0) is 10.0 Å². The lowest BCUT2D eigenvalue weighted by Crippen LogP contribution is -2.32. The first kappa shape index (κ1) is 16.0. The third kappa shape index (κ3) is 3.84. The summed E-state index contributed by atoms with van der Waals surface area (Å²) in [4.78, 5) is 13.2. The Bertz CT molecular complexity index is 619. The van der Waals surface area contributed by atoms with Crippen LogP contribution in [0.3, 0.4) is 0 Å². The minimum atomic E-state index is -3.67. The van der Waals surface area contributed by atoms with Crippen molar-refractivity contribution in [1.29, 1.82) is 0 Å². The van der Waals surface area contributed by atoms with Crippen molar-refractivity contribution >= 4 is 16.0 Å². The van der Waals surface area contributed by atoms with Crippen molar-refractivity contribution in [2.24, 2.45) is 0 Å². The number of hydrogen-bond donors (Lipinski definition) is 2. The lowest BCUT2D eigenvalue weighted by atomic mass is 10.4. The molecule has 0 radical (unpaired) electrons. The lowest BCUT2D eigenvalue weighted by molar-refractivity contribution is 0.0685. The molecule has 2 rings (SSSR count). The van der Waals surface area contributed by atoms with Crippen LogP contribution in [0, 0.1) is 0 Å². The summed E-state index contributed by atoms with van der Waals surface area (Å²) in [5.41, 5.74) is 0.0311. The quantitative estimate of drug-likeness (QED) is 0.738. The molecule has 0 saturated heterocycles. The minimum absolute atomic E-state index is 0.0194. The Morgan fingerprint density at radius 3 is 2.71 bits per heavy atom. The average molecular weight is 315 g/mol. The summed E-state index contributed by atoms with van der Waals surface area (Å²) in [6, 6.07) is 1.35. The fourth-order valence-electron chi connectivity index (χ4n) is 2.04. The monoisotopic (exact) mass is 315 g/mol. The van der Waals surface area contributed by atoms with Gasteiger partial charge < -0.3 is 14.6 Å². The number of carboxylic acids is 1. The summed E-state index contributed by atoms with van der Waals surface area (Å²) in [5, 5.41) is 9.16. The van der Waals surface area contributed by atoms with E-state index in [1.54, 1.807) is 4.57 Å². The minimum Gasteiger partial charge on any atom is -0.477 e. The second-order valence-electron chi connectivity index (χ2n) is 5.30. The van der Waals surface area contributed by atoms with Crippen LogP contribution in [0.2, 0.25) is 0 Å². The number of likely N-dealkylation sites (N-methyl/N-ethyl adjacent to an activating group) is 1. The molecule has 2 N–H and O–H groups in total. The molecule has 1 saturated carbocycles. The molecule has 0 spiro atoms. The van der Waals surface area contributed by atoms with E-state index in [2.05, 4.69) is 4.72 Å². The molecule has 0 aliphatic heterocycles. The summed E-state index contributed by atoms with van der Waals surface area (Å²) in [5.74, 6) is -1.10. The van der Waals surface area contributed by atoms with Crippen LogP contribution < -0.4 is 4.72 Å². The van der Waals surface area contributed by atoms with Gasteiger partial charge in [-0.05, 0) is 32.5 Å². The molecule has 0 unspecified atom stereocenters. The van der Waals surface area contributed by atoms with Gasteiger partial charge in [-0.2, -0.15) is 0 Å². The Balaban J connectivity index is 2.12. The van der Waals surface area contributed by atoms with E-state index in [1.165, 1.54) is 12.3 Å². The number of sulfonamides is 1.